The molecule has 0 spiro atoms. The fourth-order valence-electron chi connectivity index (χ4n) is 2.11. The first-order valence-electron chi connectivity index (χ1n) is 5.40. The van der Waals surface area contributed by atoms with Crippen LogP contribution in [0, 0.1) is 0 Å². The molecule has 15 heavy (non-hydrogen) atoms. The minimum absolute atomic E-state index is 0.653. The van der Waals surface area contributed by atoms with Crippen molar-refractivity contribution in [1.29, 1.82) is 0 Å². The number of thioether (sulfide) groups is 1. The lowest BCUT2D eigenvalue weighted by Gasteiger charge is -2.21. The Bertz CT molecular complexity index is 327. The first kappa shape index (κ1) is 10.8. The Morgan fingerprint density at radius 3 is 2.87 bits per heavy atom. The zero-order chi connectivity index (χ0) is 10.7. The van der Waals surface area contributed by atoms with Gasteiger partial charge in [0.1, 0.15) is 0 Å². The van der Waals surface area contributed by atoms with Crippen LogP contribution in [0.25, 0.3) is 0 Å². The predicted octanol–water partition coefficient (Wildman–Crippen LogP) is 2.21. The number of para-hydroxylation sites is 1. The van der Waals surface area contributed by atoms with Gasteiger partial charge in [0, 0.05) is 24.0 Å². The molecule has 1 aliphatic rings. The molecule has 1 aliphatic heterocycles. The Kier molecular flexibility index (Phi) is 3.54. The monoisotopic (exact) mass is 222 g/mol. The van der Waals surface area contributed by atoms with Crippen LogP contribution in [0.15, 0.2) is 29.2 Å². The zero-order valence-corrected chi connectivity index (χ0v) is 10.2. The lowest BCUT2D eigenvalue weighted by Crippen LogP contribution is -2.29. The molecular formula is C12H18N2S. The van der Waals surface area contributed by atoms with Crippen molar-refractivity contribution >= 4 is 17.4 Å². The minimum atomic E-state index is 0.653. The average molecular weight is 222 g/mol. The van der Waals surface area contributed by atoms with E-state index in [1.165, 1.54) is 23.5 Å². The molecule has 82 valence electrons. The minimum Gasteiger partial charge on any atom is -0.369 e. The van der Waals surface area contributed by atoms with Gasteiger partial charge in [-0.1, -0.05) is 12.1 Å². The topological polar surface area (TPSA) is 15.3 Å². The highest BCUT2D eigenvalue weighted by Gasteiger charge is 2.22. The first-order chi connectivity index (χ1) is 7.35. The predicted molar refractivity (Wildman–Crippen MR) is 67.9 cm³/mol. The molecule has 0 bridgehead atoms. The van der Waals surface area contributed by atoms with Crippen molar-refractivity contribution < 1.29 is 0 Å². The van der Waals surface area contributed by atoms with Crippen molar-refractivity contribution in [2.24, 2.45) is 0 Å². The van der Waals surface area contributed by atoms with Crippen LogP contribution in [-0.2, 0) is 0 Å². The third kappa shape index (κ3) is 2.29. The lowest BCUT2D eigenvalue weighted by molar-refractivity contribution is 0.617. The molecule has 0 saturated carbocycles. The molecule has 0 aromatic heterocycles. The quantitative estimate of drug-likeness (QED) is 0.789. The number of hydrogen-bond acceptors (Lipinski definition) is 3. The van der Waals surface area contributed by atoms with Gasteiger partial charge in [0.15, 0.2) is 0 Å². The summed E-state index contributed by atoms with van der Waals surface area (Å²) in [5.41, 5.74) is 1.39. The van der Waals surface area contributed by atoms with Gasteiger partial charge >= 0.3 is 0 Å². The smallest absolute Gasteiger partial charge is 0.0504 e. The molecule has 0 aliphatic carbocycles. The van der Waals surface area contributed by atoms with E-state index in [2.05, 4.69) is 47.8 Å². The second-order valence-corrected chi connectivity index (χ2v) is 4.74. The summed E-state index contributed by atoms with van der Waals surface area (Å²) < 4.78 is 0. The Labute approximate surface area is 96.0 Å². The van der Waals surface area contributed by atoms with Gasteiger partial charge in [-0.15, -0.1) is 11.8 Å². The number of rotatable bonds is 3. The lowest BCUT2D eigenvalue weighted by atomic mass is 10.3. The van der Waals surface area contributed by atoms with Crippen LogP contribution >= 0.6 is 11.8 Å². The van der Waals surface area contributed by atoms with E-state index in [1.807, 2.05) is 11.8 Å². The summed E-state index contributed by atoms with van der Waals surface area (Å²) in [6.07, 6.45) is 3.39. The van der Waals surface area contributed by atoms with Crippen LogP contribution in [0.1, 0.15) is 6.42 Å². The van der Waals surface area contributed by atoms with E-state index in [0.29, 0.717) is 6.04 Å². The molecule has 1 saturated heterocycles. The fraction of sp³-hybridized carbons (Fsp3) is 0.500. The van der Waals surface area contributed by atoms with Crippen LogP contribution < -0.4 is 10.2 Å². The molecule has 0 radical (unpaired) electrons. The molecule has 1 atom stereocenters. The van der Waals surface area contributed by atoms with Crippen molar-refractivity contribution in [1.82, 2.24) is 5.32 Å². The highest BCUT2D eigenvalue weighted by molar-refractivity contribution is 7.98. The average Bonchev–Trinajstić information content (AvgIpc) is 2.77. The van der Waals surface area contributed by atoms with Crippen LogP contribution in [0.2, 0.25) is 0 Å². The van der Waals surface area contributed by atoms with Crippen molar-refractivity contribution in [2.45, 2.75) is 17.4 Å². The molecule has 0 amide bonds. The number of likely N-dealkylation sites (N-methyl/N-ethyl adjacent to an activating group) is 1. The van der Waals surface area contributed by atoms with E-state index in [0.717, 1.165) is 6.54 Å². The van der Waals surface area contributed by atoms with Gasteiger partial charge in [0.05, 0.1) is 5.69 Å². The van der Waals surface area contributed by atoms with Gasteiger partial charge in [-0.05, 0) is 31.9 Å². The van der Waals surface area contributed by atoms with Gasteiger partial charge in [0.2, 0.25) is 0 Å². The molecule has 3 heteroatoms. The SMILES string of the molecule is CNC1CCN(c2ccccc2SC)C1. The Hall–Kier alpha value is -0.670. The van der Waals surface area contributed by atoms with Crippen molar-refractivity contribution in [3.05, 3.63) is 24.3 Å². The van der Waals surface area contributed by atoms with Gasteiger partial charge in [-0.25, -0.2) is 0 Å². The van der Waals surface area contributed by atoms with Crippen LogP contribution in [0.3, 0.4) is 0 Å². The summed E-state index contributed by atoms with van der Waals surface area (Å²) >= 11 is 1.83. The van der Waals surface area contributed by atoms with Crippen molar-refractivity contribution in [2.75, 3.05) is 31.3 Å². The van der Waals surface area contributed by atoms with E-state index in [1.54, 1.807) is 0 Å². The molecule has 1 aromatic carbocycles. The second kappa shape index (κ2) is 4.90. The summed E-state index contributed by atoms with van der Waals surface area (Å²) in [5, 5.41) is 3.35. The van der Waals surface area contributed by atoms with Gasteiger partial charge in [-0.3, -0.25) is 0 Å². The zero-order valence-electron chi connectivity index (χ0n) is 9.36. The normalized spacial score (nSPS) is 20.9. The van der Waals surface area contributed by atoms with Crippen LogP contribution in [0.5, 0.6) is 0 Å². The van der Waals surface area contributed by atoms with E-state index in [4.69, 9.17) is 0 Å². The molecular weight excluding hydrogens is 204 g/mol. The maximum Gasteiger partial charge on any atom is 0.0504 e. The number of anilines is 1. The maximum atomic E-state index is 3.35. The number of hydrogen-bond donors (Lipinski definition) is 1. The standard InChI is InChI=1S/C12H18N2S/c1-13-10-7-8-14(9-10)11-5-3-4-6-12(11)15-2/h3-6,10,13H,7-9H2,1-2H3. The Balaban J connectivity index is 2.16. The first-order valence-corrected chi connectivity index (χ1v) is 6.63. The van der Waals surface area contributed by atoms with Crippen LogP contribution in [0.4, 0.5) is 5.69 Å². The van der Waals surface area contributed by atoms with E-state index >= 15 is 0 Å². The van der Waals surface area contributed by atoms with Gasteiger partial charge in [0.25, 0.3) is 0 Å². The van der Waals surface area contributed by atoms with Crippen molar-refractivity contribution in [3.8, 4) is 0 Å². The fourth-order valence-corrected chi connectivity index (χ4v) is 2.73. The number of nitrogens with one attached hydrogen (secondary N) is 1. The molecule has 1 N–H and O–H groups in total. The Morgan fingerprint density at radius 2 is 2.20 bits per heavy atom. The highest BCUT2D eigenvalue weighted by Crippen LogP contribution is 2.30. The summed E-state index contributed by atoms with van der Waals surface area (Å²) in [6.45, 7) is 2.30. The largest absolute Gasteiger partial charge is 0.369 e. The van der Waals surface area contributed by atoms with E-state index in [9.17, 15) is 0 Å². The maximum absolute atomic E-state index is 3.35. The molecule has 2 nitrogen and oxygen atoms in total. The summed E-state index contributed by atoms with van der Waals surface area (Å²) in [4.78, 5) is 3.86. The third-order valence-corrected chi connectivity index (χ3v) is 3.81. The highest BCUT2D eigenvalue weighted by atomic mass is 32.2. The van der Waals surface area contributed by atoms with E-state index in [-0.39, 0.29) is 0 Å². The number of nitrogens with zero attached hydrogens (tertiary/aromatic N) is 1. The molecule has 1 unspecified atom stereocenters. The summed E-state index contributed by atoms with van der Waals surface area (Å²) in [6, 6.07) is 9.32. The molecule has 1 fully saturated rings. The molecule has 2 rings (SSSR count). The molecule has 1 aromatic rings. The third-order valence-electron chi connectivity index (χ3n) is 3.02. The number of benzene rings is 1. The van der Waals surface area contributed by atoms with Crippen molar-refractivity contribution in [3.63, 3.8) is 0 Å². The van der Waals surface area contributed by atoms with Crippen LogP contribution in [-0.4, -0.2) is 32.4 Å². The van der Waals surface area contributed by atoms with E-state index < -0.39 is 0 Å². The Morgan fingerprint density at radius 1 is 1.40 bits per heavy atom. The van der Waals surface area contributed by atoms with Gasteiger partial charge < -0.3 is 10.2 Å². The second-order valence-electron chi connectivity index (χ2n) is 3.89. The summed E-state index contributed by atoms with van der Waals surface area (Å²) in [5.74, 6) is 0. The molecule has 1 heterocycles. The summed E-state index contributed by atoms with van der Waals surface area (Å²) in [7, 11) is 2.05. The van der Waals surface area contributed by atoms with Gasteiger partial charge in [-0.2, -0.15) is 0 Å².